The van der Waals surface area contributed by atoms with Gasteiger partial charge in [-0.1, -0.05) is 23.2 Å². The summed E-state index contributed by atoms with van der Waals surface area (Å²) < 4.78 is 5.46. The number of ether oxygens (including phenoxy) is 1. The highest BCUT2D eigenvalue weighted by Crippen LogP contribution is 2.27. The second kappa shape index (κ2) is 9.20. The van der Waals surface area contributed by atoms with Crippen LogP contribution in [-0.4, -0.2) is 54.8 Å². The number of benzene rings is 1. The Labute approximate surface area is 141 Å². The van der Waals surface area contributed by atoms with E-state index in [0.29, 0.717) is 22.3 Å². The van der Waals surface area contributed by atoms with Crippen molar-refractivity contribution in [2.75, 3.05) is 26.7 Å². The monoisotopic (exact) mass is 348 g/mol. The Morgan fingerprint density at radius 3 is 2.68 bits per heavy atom. The van der Waals surface area contributed by atoms with Crippen molar-refractivity contribution in [3.05, 3.63) is 28.2 Å². The van der Waals surface area contributed by atoms with Crippen LogP contribution in [-0.2, 0) is 4.79 Å². The maximum atomic E-state index is 11.6. The molecule has 0 aliphatic rings. The number of carbonyl (C=O) groups excluding carboxylic acids is 1. The number of nitrogens with one attached hydrogen (secondary N) is 1. The lowest BCUT2D eigenvalue weighted by Gasteiger charge is -2.21. The maximum absolute atomic E-state index is 11.6. The Morgan fingerprint density at radius 1 is 1.41 bits per heavy atom. The van der Waals surface area contributed by atoms with Crippen molar-refractivity contribution < 1.29 is 14.6 Å². The summed E-state index contributed by atoms with van der Waals surface area (Å²) in [4.78, 5) is 13.3. The van der Waals surface area contributed by atoms with Crippen molar-refractivity contribution in [1.29, 1.82) is 0 Å². The van der Waals surface area contributed by atoms with Gasteiger partial charge in [-0.05, 0) is 39.1 Å². The van der Waals surface area contributed by atoms with Gasteiger partial charge < -0.3 is 15.2 Å². The van der Waals surface area contributed by atoms with Gasteiger partial charge in [0.25, 0.3) is 0 Å². The zero-order chi connectivity index (χ0) is 16.7. The minimum Gasteiger partial charge on any atom is -0.489 e. The molecule has 22 heavy (non-hydrogen) atoms. The summed E-state index contributed by atoms with van der Waals surface area (Å²) in [7, 11) is 1.76. The van der Waals surface area contributed by atoms with E-state index in [4.69, 9.17) is 27.9 Å². The average molecular weight is 349 g/mol. The summed E-state index contributed by atoms with van der Waals surface area (Å²) in [6.07, 6.45) is -0.733. The number of halogens is 2. The molecule has 1 amide bonds. The number of rotatable bonds is 8. The third-order valence-corrected chi connectivity index (χ3v) is 3.24. The summed E-state index contributed by atoms with van der Waals surface area (Å²) in [6.45, 7) is 4.41. The van der Waals surface area contributed by atoms with Crippen LogP contribution in [0, 0.1) is 0 Å². The van der Waals surface area contributed by atoms with Gasteiger partial charge in [0.15, 0.2) is 0 Å². The lowest BCUT2D eigenvalue weighted by atomic mass is 10.3. The van der Waals surface area contributed by atoms with Crippen molar-refractivity contribution in [3.8, 4) is 5.75 Å². The number of carbonyl (C=O) groups is 1. The van der Waals surface area contributed by atoms with Crippen molar-refractivity contribution >= 4 is 29.1 Å². The fourth-order valence-corrected chi connectivity index (χ4v) is 2.33. The standard InChI is InChI=1S/C15H22Cl2N2O3/c1-10(2)18-15(21)8-19(3)7-12(20)9-22-14-5-4-11(16)6-13(14)17/h4-6,10,12,20H,7-9H2,1-3H3,(H,18,21)/t12-/m1/s1. The fraction of sp³-hybridized carbons (Fsp3) is 0.533. The van der Waals surface area contributed by atoms with Crippen LogP contribution in [0.4, 0.5) is 0 Å². The molecule has 0 radical (unpaired) electrons. The van der Waals surface area contributed by atoms with Gasteiger partial charge in [-0.15, -0.1) is 0 Å². The largest absolute Gasteiger partial charge is 0.489 e. The highest BCUT2D eigenvalue weighted by atomic mass is 35.5. The molecule has 5 nitrogen and oxygen atoms in total. The van der Waals surface area contributed by atoms with Gasteiger partial charge in [0.1, 0.15) is 18.5 Å². The van der Waals surface area contributed by atoms with Gasteiger partial charge in [0.2, 0.25) is 5.91 Å². The molecule has 0 spiro atoms. The Bertz CT molecular complexity index is 498. The molecule has 0 bridgehead atoms. The summed E-state index contributed by atoms with van der Waals surface area (Å²) >= 11 is 11.8. The first-order valence-corrected chi connectivity index (χ1v) is 7.77. The van der Waals surface area contributed by atoms with Crippen molar-refractivity contribution in [3.63, 3.8) is 0 Å². The number of hydrogen-bond acceptors (Lipinski definition) is 4. The highest BCUT2D eigenvalue weighted by molar-refractivity contribution is 6.35. The number of nitrogens with zero attached hydrogens (tertiary/aromatic N) is 1. The van der Waals surface area contributed by atoms with E-state index in [1.54, 1.807) is 30.1 Å². The lowest BCUT2D eigenvalue weighted by molar-refractivity contribution is -0.122. The van der Waals surface area contributed by atoms with E-state index in [1.165, 1.54) is 0 Å². The molecule has 0 saturated carbocycles. The molecule has 0 heterocycles. The van der Waals surface area contributed by atoms with Gasteiger partial charge in [0.05, 0.1) is 11.6 Å². The Hall–Kier alpha value is -1.01. The van der Waals surface area contributed by atoms with E-state index in [2.05, 4.69) is 5.32 Å². The first kappa shape index (κ1) is 19.0. The van der Waals surface area contributed by atoms with Crippen molar-refractivity contribution in [2.24, 2.45) is 0 Å². The third kappa shape index (κ3) is 7.31. The predicted molar refractivity (Wildman–Crippen MR) is 88.7 cm³/mol. The van der Waals surface area contributed by atoms with Crippen LogP contribution in [0.5, 0.6) is 5.75 Å². The van der Waals surface area contributed by atoms with E-state index in [-0.39, 0.29) is 25.1 Å². The van der Waals surface area contributed by atoms with E-state index < -0.39 is 6.10 Å². The molecule has 0 fully saturated rings. The summed E-state index contributed by atoms with van der Waals surface area (Å²) in [6, 6.07) is 4.99. The Morgan fingerprint density at radius 2 is 2.09 bits per heavy atom. The van der Waals surface area contributed by atoms with E-state index in [0.717, 1.165) is 0 Å². The van der Waals surface area contributed by atoms with E-state index >= 15 is 0 Å². The molecule has 0 aromatic heterocycles. The molecular formula is C15H22Cl2N2O3. The van der Waals surface area contributed by atoms with Crippen LogP contribution < -0.4 is 10.1 Å². The second-order valence-corrected chi connectivity index (χ2v) is 6.30. The smallest absolute Gasteiger partial charge is 0.234 e. The van der Waals surface area contributed by atoms with Crippen LogP contribution in [0.3, 0.4) is 0 Å². The van der Waals surface area contributed by atoms with Gasteiger partial charge in [-0.2, -0.15) is 0 Å². The summed E-state index contributed by atoms with van der Waals surface area (Å²) in [5.74, 6) is 0.386. The molecule has 2 N–H and O–H groups in total. The van der Waals surface area contributed by atoms with Gasteiger partial charge in [-0.3, -0.25) is 9.69 Å². The van der Waals surface area contributed by atoms with Gasteiger partial charge in [0, 0.05) is 17.6 Å². The van der Waals surface area contributed by atoms with Crippen LogP contribution >= 0.6 is 23.2 Å². The van der Waals surface area contributed by atoms with Crippen molar-refractivity contribution in [2.45, 2.75) is 26.0 Å². The van der Waals surface area contributed by atoms with Crippen LogP contribution in [0.15, 0.2) is 18.2 Å². The van der Waals surface area contributed by atoms with Gasteiger partial charge >= 0.3 is 0 Å². The van der Waals surface area contributed by atoms with Gasteiger partial charge in [-0.25, -0.2) is 0 Å². The molecule has 124 valence electrons. The Balaban J connectivity index is 2.36. The quantitative estimate of drug-likeness (QED) is 0.755. The molecule has 0 unspecified atom stereocenters. The SMILES string of the molecule is CC(C)NC(=O)CN(C)C[C@@H](O)COc1ccc(Cl)cc1Cl. The highest BCUT2D eigenvalue weighted by Gasteiger charge is 2.13. The molecule has 1 aromatic rings. The second-order valence-electron chi connectivity index (χ2n) is 5.46. The average Bonchev–Trinajstić information content (AvgIpc) is 2.36. The van der Waals surface area contributed by atoms with Crippen LogP contribution in [0.25, 0.3) is 0 Å². The number of aliphatic hydroxyl groups is 1. The molecule has 0 aliphatic heterocycles. The first-order valence-electron chi connectivity index (χ1n) is 7.01. The molecule has 1 rings (SSSR count). The number of amides is 1. The number of aliphatic hydroxyl groups excluding tert-OH is 1. The third-order valence-electron chi connectivity index (χ3n) is 2.71. The zero-order valence-corrected chi connectivity index (χ0v) is 14.5. The zero-order valence-electron chi connectivity index (χ0n) is 13.0. The van der Waals surface area contributed by atoms with E-state index in [9.17, 15) is 9.90 Å². The topological polar surface area (TPSA) is 61.8 Å². The number of hydrogen-bond donors (Lipinski definition) is 2. The minimum absolute atomic E-state index is 0.0774. The number of likely N-dealkylation sites (N-methyl/N-ethyl adjacent to an activating group) is 1. The molecule has 1 aromatic carbocycles. The molecule has 7 heteroatoms. The van der Waals surface area contributed by atoms with Crippen LogP contribution in [0.1, 0.15) is 13.8 Å². The van der Waals surface area contributed by atoms with Crippen molar-refractivity contribution in [1.82, 2.24) is 10.2 Å². The molecule has 0 aliphatic carbocycles. The normalized spacial score (nSPS) is 12.5. The lowest BCUT2D eigenvalue weighted by Crippen LogP contribution is -2.42. The minimum atomic E-state index is -0.733. The predicted octanol–water partition coefficient (Wildman–Crippen LogP) is 2.19. The first-order chi connectivity index (χ1) is 10.3. The van der Waals surface area contributed by atoms with Crippen LogP contribution in [0.2, 0.25) is 10.0 Å². The van der Waals surface area contributed by atoms with E-state index in [1.807, 2.05) is 13.8 Å². The maximum Gasteiger partial charge on any atom is 0.234 e. The molecule has 0 saturated heterocycles. The fourth-order valence-electron chi connectivity index (χ4n) is 1.87. The molecule has 1 atom stereocenters. The Kier molecular flexibility index (Phi) is 7.96. The summed E-state index contributed by atoms with van der Waals surface area (Å²) in [5, 5.41) is 13.7. The molecular weight excluding hydrogens is 327 g/mol. The summed E-state index contributed by atoms with van der Waals surface area (Å²) in [5.41, 5.74) is 0.